The summed E-state index contributed by atoms with van der Waals surface area (Å²) in [5, 5.41) is 0. The van der Waals surface area contributed by atoms with E-state index in [9.17, 15) is 0 Å². The van der Waals surface area contributed by atoms with Gasteiger partial charge < -0.3 is 4.74 Å². The Morgan fingerprint density at radius 1 is 0.517 bits per heavy atom. The molecule has 0 aromatic carbocycles. The fourth-order valence-corrected chi connectivity index (χ4v) is 6.02. The van der Waals surface area contributed by atoms with E-state index in [2.05, 4.69) is 13.8 Å². The van der Waals surface area contributed by atoms with Gasteiger partial charge in [-0.3, -0.25) is 0 Å². The predicted octanol–water partition coefficient (Wildman–Crippen LogP) is 9.48. The highest BCUT2D eigenvalue weighted by Gasteiger charge is 2.30. The van der Waals surface area contributed by atoms with Crippen LogP contribution in [0.1, 0.15) is 149 Å². The molecule has 0 atom stereocenters. The maximum atomic E-state index is 6.22. The predicted molar refractivity (Wildman–Crippen MR) is 129 cm³/mol. The van der Waals surface area contributed by atoms with Crippen molar-refractivity contribution in [3.8, 4) is 0 Å². The first-order chi connectivity index (χ1) is 14.3. The minimum absolute atomic E-state index is 0.589. The molecule has 2 saturated carbocycles. The van der Waals surface area contributed by atoms with Gasteiger partial charge in [-0.2, -0.15) is 0 Å². The summed E-state index contributed by atoms with van der Waals surface area (Å²) in [5.74, 6) is 3.14. The van der Waals surface area contributed by atoms with Crippen molar-refractivity contribution < 1.29 is 4.74 Å². The van der Waals surface area contributed by atoms with E-state index in [0.717, 1.165) is 24.4 Å². The maximum Gasteiger partial charge on any atom is 0.0575 e. The Labute approximate surface area is 184 Å². The SMILES string of the molecule is CCCCCCCCO[C@H]1CC[C@H]([C@H]2CC[C@H](CCCCCCCC)CC2)CC1. The number of hydrogen-bond acceptors (Lipinski definition) is 1. The van der Waals surface area contributed by atoms with Crippen LogP contribution in [0.2, 0.25) is 0 Å². The Kier molecular flexibility index (Phi) is 14.5. The van der Waals surface area contributed by atoms with Gasteiger partial charge in [-0.15, -0.1) is 0 Å². The van der Waals surface area contributed by atoms with Crippen molar-refractivity contribution in [3.63, 3.8) is 0 Å². The van der Waals surface area contributed by atoms with Crippen LogP contribution in [0.5, 0.6) is 0 Å². The Bertz CT molecular complexity index is 349. The van der Waals surface area contributed by atoms with Crippen molar-refractivity contribution in [3.05, 3.63) is 0 Å². The molecule has 0 bridgehead atoms. The molecule has 2 rings (SSSR count). The molecule has 0 amide bonds. The van der Waals surface area contributed by atoms with Gasteiger partial charge in [0.2, 0.25) is 0 Å². The molecule has 0 heterocycles. The average Bonchev–Trinajstić information content (AvgIpc) is 2.76. The van der Waals surface area contributed by atoms with Gasteiger partial charge in [-0.05, 0) is 62.7 Å². The Balaban J connectivity index is 1.45. The van der Waals surface area contributed by atoms with Crippen LogP contribution in [0.3, 0.4) is 0 Å². The molecule has 0 saturated heterocycles. The van der Waals surface area contributed by atoms with Crippen LogP contribution >= 0.6 is 0 Å². The topological polar surface area (TPSA) is 9.23 Å². The first-order valence-corrected chi connectivity index (χ1v) is 13.9. The Hall–Kier alpha value is -0.0400. The molecule has 2 aliphatic rings. The van der Waals surface area contributed by atoms with Gasteiger partial charge in [0.25, 0.3) is 0 Å². The summed E-state index contributed by atoms with van der Waals surface area (Å²) in [6.07, 6.45) is 30.8. The molecular formula is C28H54O. The van der Waals surface area contributed by atoms with Crippen LogP contribution < -0.4 is 0 Å². The fraction of sp³-hybridized carbons (Fsp3) is 1.00. The third kappa shape index (κ3) is 11.2. The monoisotopic (exact) mass is 406 g/mol. The first kappa shape index (κ1) is 25.2. The van der Waals surface area contributed by atoms with E-state index in [1.807, 2.05) is 0 Å². The van der Waals surface area contributed by atoms with Crippen LogP contribution in [0.25, 0.3) is 0 Å². The standard InChI is InChI=1S/C28H54O/c1-3-5-7-9-11-13-15-25-16-18-26(19-17-25)27-20-22-28(23-21-27)29-24-14-12-10-8-6-4-2/h25-28H,3-24H2,1-2H3/t25-,26-,27-,28-. The zero-order valence-corrected chi connectivity index (χ0v) is 20.3. The van der Waals surface area contributed by atoms with Crippen molar-refractivity contribution in [2.24, 2.45) is 17.8 Å². The summed E-state index contributed by atoms with van der Waals surface area (Å²) >= 11 is 0. The number of ether oxygens (including phenoxy) is 1. The number of rotatable bonds is 16. The minimum Gasteiger partial charge on any atom is -0.378 e. The highest BCUT2D eigenvalue weighted by atomic mass is 16.5. The second-order valence-electron chi connectivity index (χ2n) is 10.5. The third-order valence-electron chi connectivity index (χ3n) is 8.09. The number of unbranched alkanes of at least 4 members (excludes halogenated alkanes) is 10. The summed E-state index contributed by atoms with van der Waals surface area (Å²) in [6.45, 7) is 5.63. The molecule has 0 aromatic heterocycles. The van der Waals surface area contributed by atoms with Crippen LogP contribution in [-0.2, 0) is 4.74 Å². The highest BCUT2D eigenvalue weighted by Crippen LogP contribution is 2.41. The van der Waals surface area contributed by atoms with Gasteiger partial charge in [0, 0.05) is 6.61 Å². The summed E-state index contributed by atoms with van der Waals surface area (Å²) in [5.41, 5.74) is 0. The van der Waals surface area contributed by atoms with Crippen LogP contribution in [-0.4, -0.2) is 12.7 Å². The second-order valence-corrected chi connectivity index (χ2v) is 10.5. The van der Waals surface area contributed by atoms with Gasteiger partial charge >= 0.3 is 0 Å². The van der Waals surface area contributed by atoms with Gasteiger partial charge in [0.1, 0.15) is 0 Å². The highest BCUT2D eigenvalue weighted by molar-refractivity contribution is 4.82. The lowest BCUT2D eigenvalue weighted by Crippen LogP contribution is -2.28. The van der Waals surface area contributed by atoms with E-state index >= 15 is 0 Å². The Morgan fingerprint density at radius 3 is 1.59 bits per heavy atom. The van der Waals surface area contributed by atoms with Crippen molar-refractivity contribution >= 4 is 0 Å². The first-order valence-electron chi connectivity index (χ1n) is 13.9. The molecule has 0 unspecified atom stereocenters. The average molecular weight is 407 g/mol. The lowest BCUT2D eigenvalue weighted by atomic mass is 9.70. The molecular weight excluding hydrogens is 352 g/mol. The van der Waals surface area contributed by atoms with Crippen molar-refractivity contribution in [2.45, 2.75) is 155 Å². The second kappa shape index (κ2) is 16.6. The molecule has 0 spiro atoms. The van der Waals surface area contributed by atoms with Gasteiger partial charge in [0.05, 0.1) is 6.10 Å². The maximum absolute atomic E-state index is 6.22. The third-order valence-corrected chi connectivity index (χ3v) is 8.09. The van der Waals surface area contributed by atoms with E-state index in [-0.39, 0.29) is 0 Å². The van der Waals surface area contributed by atoms with Gasteiger partial charge in [-0.1, -0.05) is 104 Å². The van der Waals surface area contributed by atoms with E-state index in [0.29, 0.717) is 6.10 Å². The van der Waals surface area contributed by atoms with E-state index in [1.54, 1.807) is 0 Å². The normalized spacial score (nSPS) is 27.9. The molecule has 0 aliphatic heterocycles. The van der Waals surface area contributed by atoms with E-state index < -0.39 is 0 Å². The summed E-state index contributed by atoms with van der Waals surface area (Å²) in [4.78, 5) is 0. The minimum atomic E-state index is 0.589. The van der Waals surface area contributed by atoms with Crippen molar-refractivity contribution in [2.75, 3.05) is 6.61 Å². The van der Waals surface area contributed by atoms with Gasteiger partial charge in [-0.25, -0.2) is 0 Å². The molecule has 2 aliphatic carbocycles. The summed E-state index contributed by atoms with van der Waals surface area (Å²) in [7, 11) is 0. The lowest BCUT2D eigenvalue weighted by molar-refractivity contribution is 0.00526. The van der Waals surface area contributed by atoms with Crippen molar-refractivity contribution in [1.29, 1.82) is 0 Å². The molecule has 1 nitrogen and oxygen atoms in total. The molecule has 29 heavy (non-hydrogen) atoms. The summed E-state index contributed by atoms with van der Waals surface area (Å²) in [6, 6.07) is 0. The van der Waals surface area contributed by atoms with E-state index in [4.69, 9.17) is 4.74 Å². The van der Waals surface area contributed by atoms with Crippen LogP contribution in [0, 0.1) is 17.8 Å². The quantitative estimate of drug-likeness (QED) is 0.232. The molecule has 0 radical (unpaired) electrons. The smallest absolute Gasteiger partial charge is 0.0575 e. The fourth-order valence-electron chi connectivity index (χ4n) is 6.02. The molecule has 0 N–H and O–H groups in total. The van der Waals surface area contributed by atoms with Crippen molar-refractivity contribution in [1.82, 2.24) is 0 Å². The van der Waals surface area contributed by atoms with E-state index in [1.165, 1.54) is 135 Å². The lowest BCUT2D eigenvalue weighted by Gasteiger charge is -2.38. The van der Waals surface area contributed by atoms with Crippen LogP contribution in [0.15, 0.2) is 0 Å². The van der Waals surface area contributed by atoms with Gasteiger partial charge in [0.15, 0.2) is 0 Å². The Morgan fingerprint density at radius 2 is 1.00 bits per heavy atom. The molecule has 1 heteroatoms. The zero-order valence-electron chi connectivity index (χ0n) is 20.3. The number of hydrogen-bond donors (Lipinski definition) is 0. The zero-order chi connectivity index (χ0) is 20.6. The molecule has 0 aromatic rings. The summed E-state index contributed by atoms with van der Waals surface area (Å²) < 4.78 is 6.22. The van der Waals surface area contributed by atoms with Crippen LogP contribution in [0.4, 0.5) is 0 Å². The largest absolute Gasteiger partial charge is 0.378 e. The molecule has 172 valence electrons. The molecule has 2 fully saturated rings.